The van der Waals surface area contributed by atoms with Gasteiger partial charge in [0.25, 0.3) is 6.39 Å². The monoisotopic (exact) mass is 204 g/mol. The highest BCUT2D eigenvalue weighted by Gasteiger charge is 2.06. The lowest BCUT2D eigenvalue weighted by Crippen LogP contribution is -1.88. The number of hydrogen-bond acceptors (Lipinski definition) is 4. The summed E-state index contributed by atoms with van der Waals surface area (Å²) >= 11 is 0. The maximum Gasteiger partial charge on any atom is 0.284 e. The molecule has 0 aliphatic rings. The maximum absolute atomic E-state index is 5.15. The molecule has 0 saturated heterocycles. The predicted molar refractivity (Wildman–Crippen MR) is 53.9 cm³/mol. The van der Waals surface area contributed by atoms with Crippen LogP contribution in [0.3, 0.4) is 0 Å². The van der Waals surface area contributed by atoms with Crippen LogP contribution in [0.2, 0.25) is 0 Å². The molecule has 0 bridgehead atoms. The third-order valence-electron chi connectivity index (χ3n) is 2.04. The molecular weight excluding hydrogens is 194 g/mol. The van der Waals surface area contributed by atoms with Crippen molar-refractivity contribution in [3.63, 3.8) is 0 Å². The Bertz CT molecular complexity index is 415. The molecule has 2 aromatic rings. The van der Waals surface area contributed by atoms with E-state index in [2.05, 4.69) is 11.4 Å². The molecule has 0 spiro atoms. The van der Waals surface area contributed by atoms with Crippen LogP contribution < -0.4 is 9.47 Å². The summed E-state index contributed by atoms with van der Waals surface area (Å²) in [7, 11) is 3.21. The van der Waals surface area contributed by atoms with Gasteiger partial charge in [0.1, 0.15) is 23.5 Å². The van der Waals surface area contributed by atoms with E-state index >= 15 is 0 Å². The molecule has 4 nitrogen and oxygen atoms in total. The Hall–Kier alpha value is -1.97. The van der Waals surface area contributed by atoms with Gasteiger partial charge >= 0.3 is 0 Å². The lowest BCUT2D eigenvalue weighted by atomic mass is 10.1. The van der Waals surface area contributed by atoms with Gasteiger partial charge in [0.2, 0.25) is 0 Å². The molecule has 0 N–H and O–H groups in total. The van der Waals surface area contributed by atoms with E-state index in [-0.39, 0.29) is 0 Å². The summed E-state index contributed by atoms with van der Waals surface area (Å²) in [6, 6.07) is 5.51. The quantitative estimate of drug-likeness (QED) is 0.768. The van der Waals surface area contributed by atoms with Gasteiger partial charge in [-0.2, -0.15) is 0 Å². The van der Waals surface area contributed by atoms with Gasteiger partial charge in [-0.15, -0.1) is 0 Å². The number of rotatable bonds is 3. The molecule has 0 fully saturated rings. The molecule has 1 heterocycles. The van der Waals surface area contributed by atoms with E-state index in [1.807, 2.05) is 12.1 Å². The summed E-state index contributed by atoms with van der Waals surface area (Å²) in [5.74, 6) is 1.43. The average Bonchev–Trinajstić information content (AvgIpc) is 2.81. The number of hydrogen-bond donors (Lipinski definition) is 0. The second kappa shape index (κ2) is 4.04. The average molecular weight is 204 g/mol. The normalized spacial score (nSPS) is 10.0. The van der Waals surface area contributed by atoms with E-state index in [9.17, 15) is 0 Å². The van der Waals surface area contributed by atoms with Crippen molar-refractivity contribution in [2.45, 2.75) is 0 Å². The van der Waals surface area contributed by atoms with E-state index < -0.39 is 0 Å². The Morgan fingerprint density at radius 2 is 1.80 bits per heavy atom. The van der Waals surface area contributed by atoms with E-state index in [4.69, 9.17) is 13.9 Å². The van der Waals surface area contributed by atoms with Crippen LogP contribution >= 0.6 is 0 Å². The number of benzene rings is 1. The van der Waals surface area contributed by atoms with Crippen molar-refractivity contribution in [1.82, 2.24) is 4.98 Å². The van der Waals surface area contributed by atoms with E-state index in [1.54, 1.807) is 20.3 Å². The number of methoxy groups -OCH3 is 2. The molecule has 0 aliphatic heterocycles. The Morgan fingerprint density at radius 3 is 2.27 bits per heavy atom. The molecular formula is C11H10NO3. The molecule has 1 aromatic carbocycles. The van der Waals surface area contributed by atoms with Crippen LogP contribution in [0.1, 0.15) is 0 Å². The van der Waals surface area contributed by atoms with Crippen LogP contribution in [-0.2, 0) is 0 Å². The van der Waals surface area contributed by atoms with Gasteiger partial charge in [0.05, 0.1) is 14.2 Å². The molecule has 77 valence electrons. The molecule has 4 heteroatoms. The fourth-order valence-corrected chi connectivity index (χ4v) is 1.27. The van der Waals surface area contributed by atoms with E-state index in [0.29, 0.717) is 17.2 Å². The zero-order valence-corrected chi connectivity index (χ0v) is 8.48. The van der Waals surface area contributed by atoms with Crippen LogP contribution in [0.5, 0.6) is 11.5 Å². The number of nitrogens with zero attached hydrogens (tertiary/aromatic N) is 1. The molecule has 2 rings (SSSR count). The standard InChI is InChI=1S/C11H10NO3/c1-13-9-3-8(4-10(5-9)14-2)11-6-15-7-12-11/h3-6H,1-2H3. The lowest BCUT2D eigenvalue weighted by molar-refractivity contribution is 0.394. The molecule has 1 aromatic heterocycles. The van der Waals surface area contributed by atoms with Crippen molar-refractivity contribution >= 4 is 0 Å². The fourth-order valence-electron chi connectivity index (χ4n) is 1.27. The molecule has 1 radical (unpaired) electrons. The van der Waals surface area contributed by atoms with Gasteiger partial charge in [-0.3, -0.25) is 0 Å². The van der Waals surface area contributed by atoms with Crippen LogP contribution in [0, 0.1) is 6.39 Å². The van der Waals surface area contributed by atoms with Crippen LogP contribution in [-0.4, -0.2) is 19.2 Å². The van der Waals surface area contributed by atoms with Gasteiger partial charge in [0, 0.05) is 11.6 Å². The summed E-state index contributed by atoms with van der Waals surface area (Å²) in [6.45, 7) is 0. The number of ether oxygens (including phenoxy) is 2. The highest BCUT2D eigenvalue weighted by molar-refractivity contribution is 5.62. The first-order valence-corrected chi connectivity index (χ1v) is 4.38. The van der Waals surface area contributed by atoms with Gasteiger partial charge < -0.3 is 13.9 Å². The van der Waals surface area contributed by atoms with Gasteiger partial charge in [-0.05, 0) is 12.1 Å². The summed E-state index contributed by atoms with van der Waals surface area (Å²) < 4.78 is 15.1. The molecule has 0 aliphatic carbocycles. The van der Waals surface area contributed by atoms with E-state index in [0.717, 1.165) is 5.56 Å². The zero-order chi connectivity index (χ0) is 10.7. The minimum Gasteiger partial charge on any atom is -0.497 e. The third-order valence-corrected chi connectivity index (χ3v) is 2.04. The largest absolute Gasteiger partial charge is 0.497 e. The summed E-state index contributed by atoms with van der Waals surface area (Å²) in [4.78, 5) is 3.93. The lowest BCUT2D eigenvalue weighted by Gasteiger charge is -2.06. The third kappa shape index (κ3) is 1.93. The smallest absolute Gasteiger partial charge is 0.284 e. The van der Waals surface area contributed by atoms with Gasteiger partial charge in [-0.1, -0.05) is 0 Å². The Kier molecular flexibility index (Phi) is 2.58. The topological polar surface area (TPSA) is 44.5 Å². The maximum atomic E-state index is 5.15. The second-order valence-electron chi connectivity index (χ2n) is 2.93. The van der Waals surface area contributed by atoms with E-state index in [1.165, 1.54) is 6.26 Å². The Morgan fingerprint density at radius 1 is 1.13 bits per heavy atom. The highest BCUT2D eigenvalue weighted by atomic mass is 16.5. The number of oxazole rings is 1. The molecule has 0 unspecified atom stereocenters. The van der Waals surface area contributed by atoms with Crippen molar-refractivity contribution < 1.29 is 13.9 Å². The first-order chi connectivity index (χ1) is 7.33. The van der Waals surface area contributed by atoms with Crippen molar-refractivity contribution in [3.05, 3.63) is 30.9 Å². The van der Waals surface area contributed by atoms with Crippen LogP contribution in [0.15, 0.2) is 28.9 Å². The predicted octanol–water partition coefficient (Wildman–Crippen LogP) is 2.16. The summed E-state index contributed by atoms with van der Waals surface area (Å²) in [5, 5.41) is 0. The minimum absolute atomic E-state index is 0.701. The van der Waals surface area contributed by atoms with Gasteiger partial charge in [-0.25, -0.2) is 4.98 Å². The molecule has 0 saturated carbocycles. The first-order valence-electron chi connectivity index (χ1n) is 4.38. The molecule has 0 atom stereocenters. The summed E-state index contributed by atoms with van der Waals surface area (Å²) in [6.07, 6.45) is 3.92. The Labute approximate surface area is 87.5 Å². The zero-order valence-electron chi connectivity index (χ0n) is 8.48. The van der Waals surface area contributed by atoms with Crippen LogP contribution in [0.25, 0.3) is 11.3 Å². The molecule has 15 heavy (non-hydrogen) atoms. The van der Waals surface area contributed by atoms with Gasteiger partial charge in [0.15, 0.2) is 0 Å². The minimum atomic E-state index is 0.701. The van der Waals surface area contributed by atoms with Crippen LogP contribution in [0.4, 0.5) is 0 Å². The first kappa shape index (κ1) is 9.58. The summed E-state index contributed by atoms with van der Waals surface area (Å²) in [5.41, 5.74) is 1.57. The van der Waals surface area contributed by atoms with Crippen molar-refractivity contribution in [3.8, 4) is 22.8 Å². The van der Waals surface area contributed by atoms with Crippen molar-refractivity contribution in [1.29, 1.82) is 0 Å². The SMILES string of the molecule is COc1cc(OC)cc(-c2co[c]n2)c1. The Balaban J connectivity index is 2.47. The highest BCUT2D eigenvalue weighted by Crippen LogP contribution is 2.28. The fraction of sp³-hybridized carbons (Fsp3) is 0.182. The van der Waals surface area contributed by atoms with Crippen molar-refractivity contribution in [2.24, 2.45) is 0 Å². The second-order valence-corrected chi connectivity index (χ2v) is 2.93. The number of aromatic nitrogens is 1. The molecule has 0 amide bonds. The van der Waals surface area contributed by atoms with Crippen molar-refractivity contribution in [2.75, 3.05) is 14.2 Å².